The van der Waals surface area contributed by atoms with Gasteiger partial charge in [0, 0.05) is 9.75 Å². The third kappa shape index (κ3) is 2.52. The minimum atomic E-state index is 0.0313. The van der Waals surface area contributed by atoms with Crippen molar-refractivity contribution < 1.29 is 4.74 Å². The zero-order valence-corrected chi connectivity index (χ0v) is 10.5. The van der Waals surface area contributed by atoms with Gasteiger partial charge in [0.1, 0.15) is 11.4 Å². The van der Waals surface area contributed by atoms with Gasteiger partial charge >= 0.3 is 0 Å². The van der Waals surface area contributed by atoms with Gasteiger partial charge in [-0.05, 0) is 52.8 Å². The molecule has 15 heavy (non-hydrogen) atoms. The molecular weight excluding hydrogens is 206 g/mol. The molecule has 2 nitrogen and oxygen atoms in total. The van der Waals surface area contributed by atoms with Gasteiger partial charge in [-0.15, -0.1) is 11.3 Å². The maximum absolute atomic E-state index is 6.16. The molecular formula is C12H19NOS. The van der Waals surface area contributed by atoms with Crippen LogP contribution in [0.25, 0.3) is 0 Å². The van der Waals surface area contributed by atoms with Crippen LogP contribution in [-0.2, 0) is 0 Å². The van der Waals surface area contributed by atoms with Crippen LogP contribution in [0.1, 0.15) is 29.5 Å². The van der Waals surface area contributed by atoms with Gasteiger partial charge in [0.15, 0.2) is 0 Å². The predicted octanol–water partition coefficient (Wildman–Crippen LogP) is 2.89. The molecule has 1 fully saturated rings. The zero-order valence-electron chi connectivity index (χ0n) is 9.72. The number of hydrogen-bond donors (Lipinski definition) is 1. The number of thiophene rings is 1. The summed E-state index contributed by atoms with van der Waals surface area (Å²) in [7, 11) is 0. The summed E-state index contributed by atoms with van der Waals surface area (Å²) in [6, 6.07) is 2.16. The standard InChI is InChI=1S/C12H19NOS/c1-9-8-11(10(2)15-9)14-12(3)4-6-13-7-5-12/h8,13H,4-7H2,1-3H3. The molecule has 3 heteroatoms. The van der Waals surface area contributed by atoms with Crippen LogP contribution in [0.2, 0.25) is 0 Å². The first-order valence-electron chi connectivity index (χ1n) is 5.56. The van der Waals surface area contributed by atoms with Crippen LogP contribution in [0.4, 0.5) is 0 Å². The van der Waals surface area contributed by atoms with E-state index in [0.29, 0.717) is 0 Å². The van der Waals surface area contributed by atoms with E-state index < -0.39 is 0 Å². The van der Waals surface area contributed by atoms with E-state index in [4.69, 9.17) is 4.74 Å². The quantitative estimate of drug-likeness (QED) is 0.835. The molecule has 1 aliphatic rings. The Labute approximate surface area is 95.6 Å². The second-order valence-electron chi connectivity index (χ2n) is 4.58. The number of aryl methyl sites for hydroxylation is 2. The Kier molecular flexibility index (Phi) is 3.03. The lowest BCUT2D eigenvalue weighted by Gasteiger charge is -2.34. The highest BCUT2D eigenvalue weighted by atomic mass is 32.1. The van der Waals surface area contributed by atoms with Gasteiger partial charge in [0.05, 0.1) is 0 Å². The molecule has 0 atom stereocenters. The SMILES string of the molecule is Cc1cc(OC2(C)CCNCC2)c(C)s1. The average Bonchev–Trinajstić information content (AvgIpc) is 2.45. The fourth-order valence-corrected chi connectivity index (χ4v) is 2.88. The Morgan fingerprint density at radius 1 is 1.33 bits per heavy atom. The van der Waals surface area contributed by atoms with Crippen molar-refractivity contribution in [1.29, 1.82) is 0 Å². The predicted molar refractivity (Wildman–Crippen MR) is 64.9 cm³/mol. The highest BCUT2D eigenvalue weighted by Gasteiger charge is 2.29. The van der Waals surface area contributed by atoms with E-state index in [9.17, 15) is 0 Å². The fraction of sp³-hybridized carbons (Fsp3) is 0.667. The molecule has 1 aliphatic heterocycles. The fourth-order valence-electron chi connectivity index (χ4n) is 2.03. The zero-order chi connectivity index (χ0) is 10.9. The van der Waals surface area contributed by atoms with E-state index in [1.165, 1.54) is 9.75 Å². The maximum Gasteiger partial charge on any atom is 0.133 e. The summed E-state index contributed by atoms with van der Waals surface area (Å²) in [5, 5.41) is 3.37. The maximum atomic E-state index is 6.16. The van der Waals surface area contributed by atoms with Crippen LogP contribution < -0.4 is 10.1 Å². The van der Waals surface area contributed by atoms with Crippen molar-refractivity contribution in [1.82, 2.24) is 5.32 Å². The molecule has 0 aromatic carbocycles. The molecule has 0 spiro atoms. The molecule has 1 aromatic rings. The van der Waals surface area contributed by atoms with Crippen LogP contribution in [0.5, 0.6) is 5.75 Å². The van der Waals surface area contributed by atoms with E-state index in [0.717, 1.165) is 31.7 Å². The van der Waals surface area contributed by atoms with Crippen molar-refractivity contribution in [3.63, 3.8) is 0 Å². The van der Waals surface area contributed by atoms with Crippen LogP contribution in [0.15, 0.2) is 6.07 Å². The summed E-state index contributed by atoms with van der Waals surface area (Å²) in [5.74, 6) is 1.09. The molecule has 0 amide bonds. The summed E-state index contributed by atoms with van der Waals surface area (Å²) >= 11 is 1.82. The molecule has 0 unspecified atom stereocenters. The lowest BCUT2D eigenvalue weighted by Crippen LogP contribution is -2.43. The van der Waals surface area contributed by atoms with E-state index in [2.05, 4.69) is 32.2 Å². The Balaban J connectivity index is 2.09. The first-order valence-corrected chi connectivity index (χ1v) is 6.37. The monoisotopic (exact) mass is 225 g/mol. The number of hydrogen-bond acceptors (Lipinski definition) is 3. The van der Waals surface area contributed by atoms with Crippen LogP contribution in [0, 0.1) is 13.8 Å². The van der Waals surface area contributed by atoms with Gasteiger partial charge in [-0.2, -0.15) is 0 Å². The molecule has 1 N–H and O–H groups in total. The third-order valence-corrected chi connectivity index (χ3v) is 3.96. The molecule has 2 rings (SSSR count). The van der Waals surface area contributed by atoms with Gasteiger partial charge in [-0.3, -0.25) is 0 Å². The highest BCUT2D eigenvalue weighted by molar-refractivity contribution is 7.12. The number of rotatable bonds is 2. The smallest absolute Gasteiger partial charge is 0.133 e. The van der Waals surface area contributed by atoms with Crippen LogP contribution >= 0.6 is 11.3 Å². The Bertz CT molecular complexity index is 339. The van der Waals surface area contributed by atoms with Gasteiger partial charge in [0.25, 0.3) is 0 Å². The summed E-state index contributed by atoms with van der Waals surface area (Å²) in [4.78, 5) is 2.63. The molecule has 0 bridgehead atoms. The van der Waals surface area contributed by atoms with Gasteiger partial charge in [-0.1, -0.05) is 0 Å². The second-order valence-corrected chi connectivity index (χ2v) is 6.04. The van der Waals surface area contributed by atoms with E-state index in [-0.39, 0.29) is 5.60 Å². The number of ether oxygens (including phenoxy) is 1. The van der Waals surface area contributed by atoms with Crippen molar-refractivity contribution in [2.45, 2.75) is 39.2 Å². The Morgan fingerprint density at radius 2 is 2.00 bits per heavy atom. The average molecular weight is 225 g/mol. The Morgan fingerprint density at radius 3 is 2.53 bits per heavy atom. The molecule has 0 aliphatic carbocycles. The highest BCUT2D eigenvalue weighted by Crippen LogP contribution is 2.33. The summed E-state index contributed by atoms with van der Waals surface area (Å²) in [6.45, 7) is 8.63. The molecule has 0 radical (unpaired) electrons. The first-order chi connectivity index (χ1) is 7.09. The summed E-state index contributed by atoms with van der Waals surface area (Å²) in [6.07, 6.45) is 2.20. The molecule has 84 valence electrons. The van der Waals surface area contributed by atoms with Crippen LogP contribution in [0.3, 0.4) is 0 Å². The normalized spacial score (nSPS) is 20.2. The van der Waals surface area contributed by atoms with Crippen molar-refractivity contribution in [2.75, 3.05) is 13.1 Å². The summed E-state index contributed by atoms with van der Waals surface area (Å²) in [5.41, 5.74) is 0.0313. The first kappa shape index (κ1) is 11.0. The summed E-state index contributed by atoms with van der Waals surface area (Å²) < 4.78 is 6.16. The second kappa shape index (κ2) is 4.14. The van der Waals surface area contributed by atoms with E-state index >= 15 is 0 Å². The molecule has 2 heterocycles. The van der Waals surface area contributed by atoms with E-state index in [1.54, 1.807) is 0 Å². The van der Waals surface area contributed by atoms with Crippen molar-refractivity contribution in [2.24, 2.45) is 0 Å². The minimum Gasteiger partial charge on any atom is -0.486 e. The molecule has 0 saturated carbocycles. The lowest BCUT2D eigenvalue weighted by atomic mass is 9.94. The molecule has 1 aromatic heterocycles. The third-order valence-electron chi connectivity index (χ3n) is 3.01. The largest absolute Gasteiger partial charge is 0.486 e. The Hall–Kier alpha value is -0.540. The number of piperidine rings is 1. The van der Waals surface area contributed by atoms with Gasteiger partial charge < -0.3 is 10.1 Å². The van der Waals surface area contributed by atoms with Crippen molar-refractivity contribution >= 4 is 11.3 Å². The van der Waals surface area contributed by atoms with Gasteiger partial charge in [-0.25, -0.2) is 0 Å². The van der Waals surface area contributed by atoms with Crippen LogP contribution in [-0.4, -0.2) is 18.7 Å². The van der Waals surface area contributed by atoms with E-state index in [1.807, 2.05) is 11.3 Å². The number of nitrogens with one attached hydrogen (secondary N) is 1. The molecule has 1 saturated heterocycles. The topological polar surface area (TPSA) is 21.3 Å². The van der Waals surface area contributed by atoms with Crippen molar-refractivity contribution in [3.05, 3.63) is 15.8 Å². The van der Waals surface area contributed by atoms with Crippen molar-refractivity contribution in [3.8, 4) is 5.75 Å². The lowest BCUT2D eigenvalue weighted by molar-refractivity contribution is 0.0554. The minimum absolute atomic E-state index is 0.0313. The van der Waals surface area contributed by atoms with Gasteiger partial charge in [0.2, 0.25) is 0 Å².